The van der Waals surface area contributed by atoms with Crippen molar-refractivity contribution in [3.8, 4) is 5.75 Å². The number of Topliss-reactive ketones (excluding diaryl/α,β-unsaturated/α-hetero) is 1. The molecule has 0 N–H and O–H groups in total. The van der Waals surface area contributed by atoms with Gasteiger partial charge in [0.25, 0.3) is 5.69 Å². The van der Waals surface area contributed by atoms with Crippen LogP contribution >= 0.6 is 22.6 Å². The molecule has 0 saturated carbocycles. The fraction of sp³-hybridized carbons (Fsp3) is 0.133. The molecule has 21 heavy (non-hydrogen) atoms. The fourth-order valence-electron chi connectivity index (χ4n) is 1.75. The van der Waals surface area contributed by atoms with Crippen molar-refractivity contribution in [3.05, 3.63) is 67.3 Å². The molecular weight excluding hydrogens is 385 g/mol. The molecule has 0 heterocycles. The first-order valence-electron chi connectivity index (χ1n) is 6.14. The normalized spacial score (nSPS) is 10.2. The van der Waals surface area contributed by atoms with Crippen molar-refractivity contribution < 1.29 is 14.5 Å². The van der Waals surface area contributed by atoms with Gasteiger partial charge in [0.2, 0.25) is 0 Å². The number of nitro groups is 1. The van der Waals surface area contributed by atoms with Gasteiger partial charge in [-0.2, -0.15) is 0 Å². The van der Waals surface area contributed by atoms with Gasteiger partial charge >= 0.3 is 0 Å². The standard InChI is InChI=1S/C15H12INO4/c1-10(18)14-7-6-13(8-15(14)16)21-9-11-2-4-12(5-3-11)17(19)20/h2-8H,9H2,1H3. The first-order chi connectivity index (χ1) is 9.97. The van der Waals surface area contributed by atoms with Crippen LogP contribution in [0.5, 0.6) is 5.75 Å². The van der Waals surface area contributed by atoms with E-state index in [2.05, 4.69) is 22.6 Å². The van der Waals surface area contributed by atoms with Gasteiger partial charge in [-0.05, 0) is 65.4 Å². The van der Waals surface area contributed by atoms with E-state index in [4.69, 9.17) is 4.74 Å². The zero-order chi connectivity index (χ0) is 15.4. The average Bonchev–Trinajstić information content (AvgIpc) is 2.45. The van der Waals surface area contributed by atoms with Gasteiger partial charge in [0, 0.05) is 21.3 Å². The van der Waals surface area contributed by atoms with Crippen LogP contribution in [-0.2, 0) is 6.61 Å². The molecule has 2 rings (SSSR count). The molecule has 0 atom stereocenters. The molecule has 0 bridgehead atoms. The van der Waals surface area contributed by atoms with Crippen LogP contribution in [0, 0.1) is 13.7 Å². The molecule has 108 valence electrons. The largest absolute Gasteiger partial charge is 0.489 e. The first kappa shape index (κ1) is 15.4. The number of hydrogen-bond donors (Lipinski definition) is 0. The summed E-state index contributed by atoms with van der Waals surface area (Å²) in [5.41, 5.74) is 1.56. The molecule has 5 nitrogen and oxygen atoms in total. The molecule has 6 heteroatoms. The van der Waals surface area contributed by atoms with Crippen molar-refractivity contribution in [1.82, 2.24) is 0 Å². The Labute approximate surface area is 135 Å². The molecular formula is C15H12INO4. The minimum atomic E-state index is -0.437. The van der Waals surface area contributed by atoms with Crippen LogP contribution in [0.2, 0.25) is 0 Å². The molecule has 0 aliphatic rings. The molecule has 2 aromatic rings. The number of rotatable bonds is 5. The highest BCUT2D eigenvalue weighted by atomic mass is 127. The monoisotopic (exact) mass is 397 g/mol. The number of benzene rings is 2. The lowest BCUT2D eigenvalue weighted by molar-refractivity contribution is -0.384. The Morgan fingerprint density at radius 3 is 2.43 bits per heavy atom. The van der Waals surface area contributed by atoms with Crippen LogP contribution in [-0.4, -0.2) is 10.7 Å². The van der Waals surface area contributed by atoms with E-state index in [0.717, 1.165) is 9.13 Å². The highest BCUT2D eigenvalue weighted by Crippen LogP contribution is 2.21. The topological polar surface area (TPSA) is 69.4 Å². The van der Waals surface area contributed by atoms with Gasteiger partial charge in [-0.1, -0.05) is 0 Å². The highest BCUT2D eigenvalue weighted by molar-refractivity contribution is 14.1. The third-order valence-electron chi connectivity index (χ3n) is 2.87. The van der Waals surface area contributed by atoms with Crippen molar-refractivity contribution in [2.45, 2.75) is 13.5 Å². The van der Waals surface area contributed by atoms with Crippen LogP contribution < -0.4 is 4.74 Å². The molecule has 0 aliphatic carbocycles. The fourth-order valence-corrected chi connectivity index (χ4v) is 2.62. The van der Waals surface area contributed by atoms with Gasteiger partial charge in [0.1, 0.15) is 12.4 Å². The number of halogens is 1. The van der Waals surface area contributed by atoms with Gasteiger partial charge in [-0.25, -0.2) is 0 Å². The van der Waals surface area contributed by atoms with E-state index in [1.54, 1.807) is 30.3 Å². The van der Waals surface area contributed by atoms with Gasteiger partial charge in [0.05, 0.1) is 4.92 Å². The number of nitro benzene ring substituents is 1. The molecule has 0 unspecified atom stereocenters. The lowest BCUT2D eigenvalue weighted by atomic mass is 10.1. The SMILES string of the molecule is CC(=O)c1ccc(OCc2ccc([N+](=O)[O-])cc2)cc1I. The van der Waals surface area contributed by atoms with E-state index in [0.29, 0.717) is 17.9 Å². The molecule has 0 saturated heterocycles. The Morgan fingerprint density at radius 1 is 1.24 bits per heavy atom. The highest BCUT2D eigenvalue weighted by Gasteiger charge is 2.07. The maximum absolute atomic E-state index is 11.3. The average molecular weight is 397 g/mol. The third kappa shape index (κ3) is 4.01. The number of nitrogens with zero attached hydrogens (tertiary/aromatic N) is 1. The predicted molar refractivity (Wildman–Crippen MR) is 86.6 cm³/mol. The lowest BCUT2D eigenvalue weighted by Crippen LogP contribution is -1.99. The zero-order valence-corrected chi connectivity index (χ0v) is 13.4. The number of ketones is 1. The molecule has 0 aromatic heterocycles. The van der Waals surface area contributed by atoms with E-state index >= 15 is 0 Å². The van der Waals surface area contributed by atoms with Gasteiger partial charge in [0.15, 0.2) is 5.78 Å². The molecule has 0 amide bonds. The molecule has 2 aromatic carbocycles. The number of ether oxygens (including phenoxy) is 1. The van der Waals surface area contributed by atoms with E-state index in [1.807, 2.05) is 0 Å². The summed E-state index contributed by atoms with van der Waals surface area (Å²) in [6.07, 6.45) is 0. The number of hydrogen-bond acceptors (Lipinski definition) is 4. The zero-order valence-electron chi connectivity index (χ0n) is 11.2. The summed E-state index contributed by atoms with van der Waals surface area (Å²) in [6, 6.07) is 11.5. The van der Waals surface area contributed by atoms with Crippen molar-refractivity contribution in [3.63, 3.8) is 0 Å². The summed E-state index contributed by atoms with van der Waals surface area (Å²) in [6.45, 7) is 1.84. The minimum Gasteiger partial charge on any atom is -0.489 e. The van der Waals surface area contributed by atoms with Crippen LogP contribution in [0.4, 0.5) is 5.69 Å². The van der Waals surface area contributed by atoms with E-state index in [1.165, 1.54) is 19.1 Å². The van der Waals surface area contributed by atoms with E-state index < -0.39 is 4.92 Å². The second kappa shape index (κ2) is 6.66. The smallest absolute Gasteiger partial charge is 0.269 e. The van der Waals surface area contributed by atoms with Gasteiger partial charge in [-0.3, -0.25) is 14.9 Å². The van der Waals surface area contributed by atoms with Crippen LogP contribution in [0.3, 0.4) is 0 Å². The van der Waals surface area contributed by atoms with Crippen LogP contribution in [0.25, 0.3) is 0 Å². The Hall–Kier alpha value is -1.96. The Balaban J connectivity index is 2.04. The Kier molecular flexibility index (Phi) is 4.89. The molecule has 0 aliphatic heterocycles. The quantitative estimate of drug-likeness (QED) is 0.331. The predicted octanol–water partition coefficient (Wildman–Crippen LogP) is 3.98. The molecule has 0 fully saturated rings. The van der Waals surface area contributed by atoms with Crippen molar-refractivity contribution >= 4 is 34.1 Å². The summed E-state index contributed by atoms with van der Waals surface area (Å²) >= 11 is 2.09. The molecule has 0 radical (unpaired) electrons. The maximum atomic E-state index is 11.3. The second-order valence-electron chi connectivity index (χ2n) is 4.41. The van der Waals surface area contributed by atoms with Crippen LogP contribution in [0.1, 0.15) is 22.8 Å². The summed E-state index contributed by atoms with van der Waals surface area (Å²) in [7, 11) is 0. The van der Waals surface area contributed by atoms with Crippen molar-refractivity contribution in [2.75, 3.05) is 0 Å². The Morgan fingerprint density at radius 2 is 1.90 bits per heavy atom. The minimum absolute atomic E-state index is 0.0151. The summed E-state index contributed by atoms with van der Waals surface area (Å²) in [4.78, 5) is 21.5. The van der Waals surface area contributed by atoms with Gasteiger partial charge < -0.3 is 4.74 Å². The number of carbonyl (C=O) groups excluding carboxylic acids is 1. The number of non-ortho nitro benzene ring substituents is 1. The van der Waals surface area contributed by atoms with Crippen molar-refractivity contribution in [2.24, 2.45) is 0 Å². The Bertz CT molecular complexity index is 683. The third-order valence-corrected chi connectivity index (χ3v) is 3.77. The summed E-state index contributed by atoms with van der Waals surface area (Å²) < 4.78 is 6.46. The lowest BCUT2D eigenvalue weighted by Gasteiger charge is -2.08. The second-order valence-corrected chi connectivity index (χ2v) is 5.57. The maximum Gasteiger partial charge on any atom is 0.269 e. The van der Waals surface area contributed by atoms with E-state index in [-0.39, 0.29) is 11.5 Å². The van der Waals surface area contributed by atoms with Gasteiger partial charge in [-0.15, -0.1) is 0 Å². The van der Waals surface area contributed by atoms with E-state index in [9.17, 15) is 14.9 Å². The van der Waals surface area contributed by atoms with Crippen LogP contribution in [0.15, 0.2) is 42.5 Å². The number of carbonyl (C=O) groups is 1. The summed E-state index contributed by atoms with van der Waals surface area (Å²) in [5, 5.41) is 10.6. The summed E-state index contributed by atoms with van der Waals surface area (Å²) in [5.74, 6) is 0.670. The van der Waals surface area contributed by atoms with Crippen molar-refractivity contribution in [1.29, 1.82) is 0 Å². The molecule has 0 spiro atoms. The first-order valence-corrected chi connectivity index (χ1v) is 7.22.